The normalized spacial score (nSPS) is 13.6. The molecule has 7 aromatic rings. The summed E-state index contributed by atoms with van der Waals surface area (Å²) in [6.07, 6.45) is 9.27. The van der Waals surface area contributed by atoms with Crippen LogP contribution in [-0.2, 0) is 99.2 Å². The average molecular weight is 1840 g/mol. The zero-order valence-electron chi connectivity index (χ0n) is 85.4. The molecule has 3 saturated carbocycles. The minimum atomic E-state index is -0.714. The maximum Gasteiger partial charge on any atom is 0.234 e. The fourth-order valence-electron chi connectivity index (χ4n) is 15.0. The summed E-state index contributed by atoms with van der Waals surface area (Å²) in [6.45, 7) is 46.4. The predicted octanol–water partition coefficient (Wildman–Crippen LogP) is 24.5. The zero-order chi connectivity index (χ0) is 100. The second-order valence-electron chi connectivity index (χ2n) is 44.9. The number of Topliss-reactive ketones (excluding diaryl/α,β-unsaturated/α-hetero) is 12. The summed E-state index contributed by atoms with van der Waals surface area (Å²) in [5.74, 6) is 1.72. The van der Waals surface area contributed by atoms with Gasteiger partial charge in [-0.1, -0.05) is 316 Å². The van der Waals surface area contributed by atoms with Crippen molar-refractivity contribution in [1.29, 1.82) is 0 Å². The molecule has 134 heavy (non-hydrogen) atoms. The van der Waals surface area contributed by atoms with Gasteiger partial charge < -0.3 is 19.3 Å². The van der Waals surface area contributed by atoms with Crippen molar-refractivity contribution in [3.05, 3.63) is 227 Å². The SMILES string of the molecule is C.CC(C)(C)CC(=O)C1(C(=O)Cc2ccccc2)CC1.CC(C)(C)CC(=O)CC(=O)Cc1ccccc1.CN(C(=O)CC(=O)CC(C)(C)C)c1ccccc1.COc1ccccc1CC(=O)C1(C(=O)CC(C)(C)C)CC1.COc1ccccc1CC(=O)CC(=O)CC(C)(C)C.Cc1ccc(CC(=O)C2(C(=O)CC(C)(C)C)CC2)cc1.Cc1ccc(N(C)C(=O)CC(=O)CC(C)(C)C)cc1. The van der Waals surface area contributed by atoms with E-state index >= 15 is 0 Å². The number of amides is 2. The lowest BCUT2D eigenvalue weighted by molar-refractivity contribution is -0.136. The number of carbonyl (C=O) groups excluding carboxylic acids is 14. The van der Waals surface area contributed by atoms with Crippen LogP contribution in [-0.4, -0.2) is 110 Å². The molecule has 18 nitrogen and oxygen atoms in total. The van der Waals surface area contributed by atoms with Crippen molar-refractivity contribution in [2.75, 3.05) is 38.1 Å². The van der Waals surface area contributed by atoms with Gasteiger partial charge in [-0.25, -0.2) is 0 Å². The first-order valence-corrected chi connectivity index (χ1v) is 46.8. The van der Waals surface area contributed by atoms with Crippen molar-refractivity contribution in [1.82, 2.24) is 0 Å². The number of ketones is 12. The summed E-state index contributed by atoms with van der Waals surface area (Å²) in [7, 11) is 6.58. The van der Waals surface area contributed by atoms with Crippen LogP contribution in [0.15, 0.2) is 188 Å². The van der Waals surface area contributed by atoms with Crippen LogP contribution < -0.4 is 19.3 Å². The number of nitrogens with zero attached hydrogens (tertiary/aromatic N) is 2. The quantitative estimate of drug-likeness (QED) is 0.0334. The van der Waals surface area contributed by atoms with Crippen LogP contribution in [0.1, 0.15) is 301 Å². The maximum absolute atomic E-state index is 12.6. The molecule has 0 atom stereocenters. The van der Waals surface area contributed by atoms with Crippen molar-refractivity contribution in [2.45, 2.75) is 308 Å². The van der Waals surface area contributed by atoms with Gasteiger partial charge in [0.05, 0.1) is 56.1 Å². The fourth-order valence-corrected chi connectivity index (χ4v) is 15.0. The summed E-state index contributed by atoms with van der Waals surface area (Å²) in [5, 5.41) is 0. The first-order valence-electron chi connectivity index (χ1n) is 46.8. The van der Waals surface area contributed by atoms with Crippen LogP contribution in [0.2, 0.25) is 0 Å². The van der Waals surface area contributed by atoms with Crippen molar-refractivity contribution in [3.63, 3.8) is 0 Å². The number of methoxy groups -OCH3 is 2. The molecule has 0 spiro atoms. The van der Waals surface area contributed by atoms with Gasteiger partial charge in [-0.2, -0.15) is 0 Å². The Morgan fingerprint density at radius 2 is 0.500 bits per heavy atom. The molecule has 18 heteroatoms. The number of hydrogen-bond donors (Lipinski definition) is 0. The molecule has 0 heterocycles. The molecule has 0 radical (unpaired) electrons. The molecule has 7 aromatic carbocycles. The summed E-state index contributed by atoms with van der Waals surface area (Å²) in [4.78, 5) is 172. The Hall–Kier alpha value is -10.9. The highest BCUT2D eigenvalue weighted by molar-refractivity contribution is 6.13. The molecule has 10 rings (SSSR count). The minimum absolute atomic E-state index is 0. The van der Waals surface area contributed by atoms with Gasteiger partial charge in [0.15, 0.2) is 17.3 Å². The Balaban J connectivity index is 0.000000402. The highest BCUT2D eigenvalue weighted by Gasteiger charge is 2.57. The first kappa shape index (κ1) is 117. The standard InChI is InChI=1S/C18H24O3.C18H24O2.C17H22O2.C16H23NO2.C16H22O3.C15H21NO2.C15H20O2.CH4/c1-17(2,3)12-16(20)18(9-10-18)15(19)11-13-7-5-6-8-14(13)21-4;1-13-5-7-14(8-6-13)11-15(19)18(9-10-18)16(20)12-17(2,3)4;1-16(2,3)12-15(19)17(9-10-17)14(18)11-13-7-5-4-6-8-13;1-12-6-8-13(9-7-12)17(5)15(19)10-14(18)11-16(2,3)4;1-16(2,3)11-14(18)10-13(17)9-12-7-5-6-8-15(12)19-4;1-15(2,3)11-13(17)10-14(18)16(4)12-8-6-5-7-9-12;1-15(2,3)11-14(17)10-13(16)9-12-7-5-4-6-8-12;/h5-8H,9-12H2,1-4H3;5-8H,9-12H2,1-4H3;4-8H,9-12H2,1-3H3;6-9H,10-11H2,1-5H3;5-8H,9-11H2,1-4H3;5-9H,10-11H2,1-4H3;4-8H,9-11H2,1-3H3;1H4. The summed E-state index contributed by atoms with van der Waals surface area (Å²) >= 11 is 0. The van der Waals surface area contributed by atoms with Crippen molar-refractivity contribution in [2.24, 2.45) is 54.1 Å². The highest BCUT2D eigenvalue weighted by Crippen LogP contribution is 2.53. The molecule has 0 aliphatic heterocycles. The van der Waals surface area contributed by atoms with E-state index in [1.165, 1.54) is 10.5 Å². The van der Waals surface area contributed by atoms with Crippen LogP contribution in [0, 0.1) is 68.0 Å². The third kappa shape index (κ3) is 45.0. The lowest BCUT2D eigenvalue weighted by atomic mass is 9.81. The molecule has 3 aliphatic carbocycles. The van der Waals surface area contributed by atoms with Gasteiger partial charge in [0.2, 0.25) is 11.8 Å². The van der Waals surface area contributed by atoms with Gasteiger partial charge in [0.25, 0.3) is 0 Å². The molecular formula is C116H160N2O16. The molecular weight excluding hydrogens is 1680 g/mol. The Bertz CT molecular complexity index is 5030. The molecule has 0 saturated heterocycles. The van der Waals surface area contributed by atoms with E-state index in [4.69, 9.17) is 9.47 Å². The first-order chi connectivity index (χ1) is 61.5. The van der Waals surface area contributed by atoms with Crippen molar-refractivity contribution >= 4 is 92.6 Å². The molecule has 0 N–H and O–H groups in total. The Labute approximate surface area is 803 Å². The van der Waals surface area contributed by atoms with Crippen molar-refractivity contribution < 1.29 is 76.6 Å². The Morgan fingerprint density at radius 1 is 0.261 bits per heavy atom. The highest BCUT2D eigenvalue weighted by atomic mass is 16.5. The monoisotopic (exact) mass is 1840 g/mol. The van der Waals surface area contributed by atoms with Crippen LogP contribution in [0.25, 0.3) is 0 Å². The summed E-state index contributed by atoms with van der Waals surface area (Å²) in [5.41, 5.74) is 6.22. The lowest BCUT2D eigenvalue weighted by Crippen LogP contribution is -2.30. The van der Waals surface area contributed by atoms with E-state index in [9.17, 15) is 67.1 Å². The van der Waals surface area contributed by atoms with Crippen LogP contribution in [0.5, 0.6) is 11.5 Å². The van der Waals surface area contributed by atoms with E-state index in [1.807, 2.05) is 347 Å². The van der Waals surface area contributed by atoms with E-state index < -0.39 is 16.2 Å². The van der Waals surface area contributed by atoms with Gasteiger partial charge in [-0.3, -0.25) is 67.1 Å². The predicted molar refractivity (Wildman–Crippen MR) is 542 cm³/mol. The molecule has 0 aromatic heterocycles. The minimum Gasteiger partial charge on any atom is -0.496 e. The molecule has 3 aliphatic rings. The van der Waals surface area contributed by atoms with Gasteiger partial charge >= 0.3 is 0 Å². The number of ether oxygens (including phenoxy) is 2. The Kier molecular flexibility index (Phi) is 45.8. The van der Waals surface area contributed by atoms with Gasteiger partial charge in [0.1, 0.15) is 63.5 Å². The number of rotatable bonds is 35. The molecule has 3 fully saturated rings. The van der Waals surface area contributed by atoms with E-state index in [0.29, 0.717) is 88.5 Å². The number of para-hydroxylation sites is 3. The maximum atomic E-state index is 12.6. The summed E-state index contributed by atoms with van der Waals surface area (Å²) in [6, 6.07) is 59.2. The van der Waals surface area contributed by atoms with E-state index in [0.717, 1.165) is 70.4 Å². The van der Waals surface area contributed by atoms with Crippen molar-refractivity contribution in [3.8, 4) is 11.5 Å². The van der Waals surface area contributed by atoms with E-state index in [2.05, 4.69) is 0 Å². The molecule has 2 amide bonds. The number of aryl methyl sites for hydroxylation is 2. The largest absolute Gasteiger partial charge is 0.496 e. The smallest absolute Gasteiger partial charge is 0.234 e. The number of benzene rings is 7. The number of hydrogen-bond acceptors (Lipinski definition) is 16. The van der Waals surface area contributed by atoms with E-state index in [1.54, 1.807) is 33.2 Å². The summed E-state index contributed by atoms with van der Waals surface area (Å²) < 4.78 is 10.5. The molecule has 0 bridgehead atoms. The lowest BCUT2D eigenvalue weighted by Gasteiger charge is -2.21. The number of anilines is 2. The van der Waals surface area contributed by atoms with E-state index in [-0.39, 0.29) is 165 Å². The second kappa shape index (κ2) is 52.3. The number of carbonyl (C=O) groups is 14. The van der Waals surface area contributed by atoms with Crippen LogP contribution in [0.3, 0.4) is 0 Å². The van der Waals surface area contributed by atoms with Gasteiger partial charge in [-0.15, -0.1) is 0 Å². The molecule has 730 valence electrons. The Morgan fingerprint density at radius 3 is 0.799 bits per heavy atom. The van der Waals surface area contributed by atoms with Gasteiger partial charge in [-0.05, 0) is 143 Å². The topological polar surface area (TPSA) is 264 Å². The second-order valence-corrected chi connectivity index (χ2v) is 44.9. The fraction of sp³-hybridized carbons (Fsp3) is 0.517. The van der Waals surface area contributed by atoms with Gasteiger partial charge in [0, 0.05) is 114 Å². The zero-order valence-corrected chi connectivity index (χ0v) is 85.4. The van der Waals surface area contributed by atoms with Crippen LogP contribution in [0.4, 0.5) is 11.4 Å². The third-order valence-electron chi connectivity index (χ3n) is 22.3. The molecule has 0 unspecified atom stereocenters. The van der Waals surface area contributed by atoms with Crippen LogP contribution >= 0.6 is 0 Å². The third-order valence-corrected chi connectivity index (χ3v) is 22.3. The average Bonchev–Trinajstić information content (AvgIpc) is 1.62.